The minimum atomic E-state index is -0.295. The second-order valence-corrected chi connectivity index (χ2v) is 12.5. The molecule has 0 aliphatic heterocycles. The van der Waals surface area contributed by atoms with Gasteiger partial charge >= 0.3 is 0 Å². The van der Waals surface area contributed by atoms with Crippen molar-refractivity contribution in [2.45, 2.75) is 39.5 Å². The highest BCUT2D eigenvalue weighted by Crippen LogP contribution is 2.29. The molecular formula is C30H28N4O2S3. The van der Waals surface area contributed by atoms with Crippen LogP contribution in [0.1, 0.15) is 70.0 Å². The number of benzene rings is 2. The topological polar surface area (TPSA) is 84.0 Å². The summed E-state index contributed by atoms with van der Waals surface area (Å²) in [6.07, 6.45) is 0. The molecule has 0 atom stereocenters. The van der Waals surface area contributed by atoms with E-state index in [2.05, 4.69) is 72.6 Å². The zero-order chi connectivity index (χ0) is 27.5. The molecule has 0 fully saturated rings. The highest BCUT2D eigenvalue weighted by atomic mass is 32.1. The van der Waals surface area contributed by atoms with Gasteiger partial charge in [-0.3, -0.25) is 20.2 Å². The van der Waals surface area contributed by atoms with Crippen LogP contribution in [-0.4, -0.2) is 21.8 Å². The van der Waals surface area contributed by atoms with Crippen LogP contribution in [0.5, 0.6) is 0 Å². The van der Waals surface area contributed by atoms with E-state index >= 15 is 0 Å². The summed E-state index contributed by atoms with van der Waals surface area (Å²) in [4.78, 5) is 35.6. The monoisotopic (exact) mass is 572 g/mol. The summed E-state index contributed by atoms with van der Waals surface area (Å²) in [5, 5.41) is 10.6. The largest absolute Gasteiger partial charge is 0.297 e. The Morgan fingerprint density at radius 3 is 1.36 bits per heavy atom. The Morgan fingerprint density at radius 1 is 0.615 bits per heavy atom. The summed E-state index contributed by atoms with van der Waals surface area (Å²) in [6.45, 7) is 8.64. The smallest absolute Gasteiger partial charge is 0.267 e. The summed E-state index contributed by atoms with van der Waals surface area (Å²) in [6, 6.07) is 19.9. The number of thiophene rings is 1. The van der Waals surface area contributed by atoms with Gasteiger partial charge in [0, 0.05) is 21.9 Å². The normalized spacial score (nSPS) is 11.2. The molecule has 0 spiro atoms. The molecule has 9 heteroatoms. The van der Waals surface area contributed by atoms with Crippen LogP contribution < -0.4 is 10.6 Å². The Balaban J connectivity index is 1.20. The maximum atomic E-state index is 12.8. The van der Waals surface area contributed by atoms with Crippen molar-refractivity contribution in [1.29, 1.82) is 0 Å². The number of thiazole rings is 2. The van der Waals surface area contributed by atoms with Crippen LogP contribution in [0.25, 0.3) is 22.5 Å². The van der Waals surface area contributed by atoms with Gasteiger partial charge < -0.3 is 0 Å². The van der Waals surface area contributed by atoms with Crippen molar-refractivity contribution in [3.8, 4) is 22.5 Å². The number of carbonyl (C=O) groups excluding carboxylic acids is 2. The third kappa shape index (κ3) is 6.33. The van der Waals surface area contributed by atoms with Gasteiger partial charge in [-0.1, -0.05) is 76.2 Å². The van der Waals surface area contributed by atoms with Gasteiger partial charge in [0.05, 0.1) is 21.1 Å². The number of aromatic nitrogens is 2. The van der Waals surface area contributed by atoms with Gasteiger partial charge in [0.25, 0.3) is 11.8 Å². The first kappa shape index (κ1) is 26.9. The highest BCUT2D eigenvalue weighted by Gasteiger charge is 2.17. The van der Waals surface area contributed by atoms with Gasteiger partial charge in [0.2, 0.25) is 0 Å². The second kappa shape index (κ2) is 11.6. The first-order chi connectivity index (χ1) is 18.8. The summed E-state index contributed by atoms with van der Waals surface area (Å²) in [7, 11) is 0. The fourth-order valence-corrected chi connectivity index (χ4v) is 6.13. The fraction of sp³-hybridized carbons (Fsp3) is 0.200. The lowest BCUT2D eigenvalue weighted by Crippen LogP contribution is -2.11. The molecule has 0 saturated carbocycles. The summed E-state index contributed by atoms with van der Waals surface area (Å²) in [5.41, 5.74) is 6.18. The Labute approximate surface area is 239 Å². The molecule has 39 heavy (non-hydrogen) atoms. The Hall–Kier alpha value is -3.66. The lowest BCUT2D eigenvalue weighted by molar-refractivity contribution is 0.102. The Bertz CT molecular complexity index is 1480. The average molecular weight is 573 g/mol. The first-order valence-electron chi connectivity index (χ1n) is 12.6. The number of hydrogen-bond acceptors (Lipinski definition) is 7. The van der Waals surface area contributed by atoms with E-state index in [1.54, 1.807) is 12.1 Å². The molecule has 2 aromatic carbocycles. The summed E-state index contributed by atoms with van der Waals surface area (Å²) in [5.74, 6) is 0.343. The van der Waals surface area contributed by atoms with Crippen molar-refractivity contribution < 1.29 is 9.59 Å². The molecule has 0 saturated heterocycles. The number of anilines is 2. The quantitative estimate of drug-likeness (QED) is 0.195. The van der Waals surface area contributed by atoms with Crippen LogP contribution in [-0.2, 0) is 0 Å². The van der Waals surface area contributed by atoms with Gasteiger partial charge in [-0.15, -0.1) is 34.0 Å². The maximum absolute atomic E-state index is 12.8. The number of rotatable bonds is 8. The molecule has 6 nitrogen and oxygen atoms in total. The van der Waals surface area contributed by atoms with Crippen LogP contribution in [0, 0.1) is 0 Å². The number of nitrogens with zero attached hydrogens (tertiary/aromatic N) is 2. The molecule has 0 aliphatic carbocycles. The molecule has 2 N–H and O–H groups in total. The van der Waals surface area contributed by atoms with E-state index in [0.29, 0.717) is 31.9 Å². The van der Waals surface area contributed by atoms with Crippen LogP contribution in [0.2, 0.25) is 0 Å². The summed E-state index contributed by atoms with van der Waals surface area (Å²) >= 11 is 3.87. The lowest BCUT2D eigenvalue weighted by atomic mass is 10.0. The average Bonchev–Trinajstić information content (AvgIpc) is 3.70. The Morgan fingerprint density at radius 2 is 1.00 bits per heavy atom. The van der Waals surface area contributed by atoms with Crippen molar-refractivity contribution in [1.82, 2.24) is 9.97 Å². The molecule has 2 amide bonds. The minimum absolute atomic E-state index is 0.295. The molecule has 3 heterocycles. The van der Waals surface area contributed by atoms with Crippen LogP contribution >= 0.6 is 34.0 Å². The molecule has 0 aliphatic rings. The van der Waals surface area contributed by atoms with Crippen molar-refractivity contribution in [3.05, 3.63) is 92.3 Å². The first-order valence-corrected chi connectivity index (χ1v) is 15.2. The highest BCUT2D eigenvalue weighted by molar-refractivity contribution is 7.17. The number of carbonyl (C=O) groups is 2. The van der Waals surface area contributed by atoms with Crippen LogP contribution in [0.15, 0.2) is 71.4 Å². The molecule has 0 radical (unpaired) electrons. The predicted octanol–water partition coefficient (Wildman–Crippen LogP) is 8.75. The molecule has 0 unspecified atom stereocenters. The van der Waals surface area contributed by atoms with E-state index in [4.69, 9.17) is 0 Å². The molecule has 198 valence electrons. The van der Waals surface area contributed by atoms with Gasteiger partial charge in [0.1, 0.15) is 0 Å². The van der Waals surface area contributed by atoms with Crippen molar-refractivity contribution in [2.24, 2.45) is 0 Å². The van der Waals surface area contributed by atoms with Gasteiger partial charge in [-0.05, 0) is 35.1 Å². The molecular weight excluding hydrogens is 545 g/mol. The molecule has 0 bridgehead atoms. The second-order valence-electron chi connectivity index (χ2n) is 9.70. The molecule has 3 aromatic heterocycles. The summed E-state index contributed by atoms with van der Waals surface area (Å²) < 4.78 is 0. The molecule has 5 rings (SSSR count). The van der Waals surface area contributed by atoms with Crippen LogP contribution in [0.4, 0.5) is 10.3 Å². The van der Waals surface area contributed by atoms with Gasteiger partial charge in [-0.25, -0.2) is 9.97 Å². The fourth-order valence-electron chi connectivity index (χ4n) is 3.90. The maximum Gasteiger partial charge on any atom is 0.267 e. The number of hydrogen-bond donors (Lipinski definition) is 2. The zero-order valence-electron chi connectivity index (χ0n) is 22.0. The number of amides is 2. The predicted molar refractivity (Wildman–Crippen MR) is 164 cm³/mol. The van der Waals surface area contributed by atoms with Gasteiger partial charge in [0.15, 0.2) is 10.3 Å². The van der Waals surface area contributed by atoms with E-state index in [1.165, 1.54) is 33.8 Å². The lowest BCUT2D eigenvalue weighted by Gasteiger charge is -2.05. The minimum Gasteiger partial charge on any atom is -0.297 e. The SMILES string of the molecule is CC(C)c1ccc(-c2csc(NC(=O)c3ccc(C(=O)Nc4nc(-c5ccc(C(C)C)cc5)cs4)s3)n2)cc1. The van der Waals surface area contributed by atoms with E-state index in [1.807, 2.05) is 35.0 Å². The Kier molecular flexibility index (Phi) is 8.02. The third-order valence-electron chi connectivity index (χ3n) is 6.25. The van der Waals surface area contributed by atoms with Crippen molar-refractivity contribution >= 4 is 56.1 Å². The zero-order valence-corrected chi connectivity index (χ0v) is 24.5. The van der Waals surface area contributed by atoms with E-state index in [0.717, 1.165) is 33.9 Å². The third-order valence-corrected chi connectivity index (χ3v) is 8.85. The standard InChI is InChI=1S/C30H28N4O2S3/c1-17(2)19-5-9-21(10-6-19)23-15-37-29(31-23)33-27(35)25-13-14-26(39-25)28(36)34-30-32-24(16-38-30)22-11-7-20(8-12-22)18(3)4/h5-18H,1-4H3,(H,31,33,35)(H,32,34,36). The van der Waals surface area contributed by atoms with Crippen LogP contribution in [0.3, 0.4) is 0 Å². The van der Waals surface area contributed by atoms with Crippen molar-refractivity contribution in [2.75, 3.05) is 10.6 Å². The van der Waals surface area contributed by atoms with E-state index < -0.39 is 0 Å². The van der Waals surface area contributed by atoms with E-state index in [9.17, 15) is 9.59 Å². The van der Waals surface area contributed by atoms with Gasteiger partial charge in [-0.2, -0.15) is 0 Å². The van der Waals surface area contributed by atoms with Crippen molar-refractivity contribution in [3.63, 3.8) is 0 Å². The number of nitrogens with one attached hydrogen (secondary N) is 2. The molecule has 5 aromatic rings. The van der Waals surface area contributed by atoms with E-state index in [-0.39, 0.29) is 11.8 Å².